The fourth-order valence-corrected chi connectivity index (χ4v) is 2.56. The number of Topliss-reactive ketones (excluding diaryl/α,β-unsaturated/α-hetero) is 1. The van der Waals surface area contributed by atoms with Crippen LogP contribution in [0.2, 0.25) is 0 Å². The largest absolute Gasteiger partial charge is 0.300 e. The first-order chi connectivity index (χ1) is 6.45. The van der Waals surface area contributed by atoms with Gasteiger partial charge in [-0.1, -0.05) is 20.8 Å². The molecule has 0 bridgehead atoms. The summed E-state index contributed by atoms with van der Waals surface area (Å²) in [6.07, 6.45) is 2.84. The van der Waals surface area contributed by atoms with E-state index in [0.29, 0.717) is 36.9 Å². The first kappa shape index (κ1) is 11.2. The maximum absolute atomic E-state index is 11.3. The highest BCUT2D eigenvalue weighted by molar-refractivity contribution is 5.79. The van der Waals surface area contributed by atoms with E-state index in [0.717, 1.165) is 6.42 Å². The SMILES string of the molecule is CC(C)(C)C1CCC(=O)CC1CC#N. The Balaban J connectivity index is 2.73. The summed E-state index contributed by atoms with van der Waals surface area (Å²) in [7, 11) is 0. The molecule has 0 aromatic heterocycles. The molecule has 1 aliphatic carbocycles. The average Bonchev–Trinajstić information content (AvgIpc) is 2.02. The molecule has 0 spiro atoms. The van der Waals surface area contributed by atoms with Crippen molar-refractivity contribution in [3.63, 3.8) is 0 Å². The predicted octanol–water partition coefficient (Wildman–Crippen LogP) is 2.93. The molecule has 14 heavy (non-hydrogen) atoms. The van der Waals surface area contributed by atoms with Crippen molar-refractivity contribution in [2.24, 2.45) is 17.3 Å². The summed E-state index contributed by atoms with van der Waals surface area (Å²) in [5.41, 5.74) is 0.224. The molecule has 0 saturated heterocycles. The van der Waals surface area contributed by atoms with E-state index in [2.05, 4.69) is 26.8 Å². The van der Waals surface area contributed by atoms with Crippen LogP contribution in [0.15, 0.2) is 0 Å². The Morgan fingerprint density at radius 1 is 1.50 bits per heavy atom. The Kier molecular flexibility index (Phi) is 3.31. The second-order valence-corrected chi connectivity index (χ2v) is 5.38. The minimum Gasteiger partial charge on any atom is -0.300 e. The Bertz CT molecular complexity index is 256. The van der Waals surface area contributed by atoms with Crippen LogP contribution in [-0.4, -0.2) is 5.78 Å². The van der Waals surface area contributed by atoms with E-state index in [-0.39, 0.29) is 5.41 Å². The third-order valence-electron chi connectivity index (χ3n) is 3.26. The summed E-state index contributed by atoms with van der Waals surface area (Å²) >= 11 is 0. The van der Waals surface area contributed by atoms with Crippen molar-refractivity contribution in [3.8, 4) is 6.07 Å². The zero-order valence-electron chi connectivity index (χ0n) is 9.34. The minimum atomic E-state index is 0.224. The van der Waals surface area contributed by atoms with Crippen LogP contribution < -0.4 is 0 Å². The highest BCUT2D eigenvalue weighted by Gasteiger charge is 2.36. The van der Waals surface area contributed by atoms with E-state index in [1.165, 1.54) is 0 Å². The van der Waals surface area contributed by atoms with Gasteiger partial charge in [0.15, 0.2) is 0 Å². The lowest BCUT2D eigenvalue weighted by atomic mass is 9.65. The fraction of sp³-hybridized carbons (Fsp3) is 0.833. The lowest BCUT2D eigenvalue weighted by Crippen LogP contribution is -2.33. The van der Waals surface area contributed by atoms with Gasteiger partial charge in [-0.2, -0.15) is 5.26 Å². The van der Waals surface area contributed by atoms with Crippen LogP contribution in [0.25, 0.3) is 0 Å². The van der Waals surface area contributed by atoms with E-state index in [1.54, 1.807) is 0 Å². The first-order valence-corrected chi connectivity index (χ1v) is 5.34. The van der Waals surface area contributed by atoms with Crippen LogP contribution in [-0.2, 0) is 4.79 Å². The topological polar surface area (TPSA) is 40.9 Å². The van der Waals surface area contributed by atoms with Crippen LogP contribution in [0.1, 0.15) is 46.5 Å². The molecule has 2 unspecified atom stereocenters. The minimum absolute atomic E-state index is 0.224. The van der Waals surface area contributed by atoms with Crippen molar-refractivity contribution in [1.82, 2.24) is 0 Å². The molecule has 0 aliphatic heterocycles. The van der Waals surface area contributed by atoms with Gasteiger partial charge < -0.3 is 0 Å². The van der Waals surface area contributed by atoms with Gasteiger partial charge in [-0.05, 0) is 23.7 Å². The van der Waals surface area contributed by atoms with E-state index < -0.39 is 0 Å². The summed E-state index contributed by atoms with van der Waals surface area (Å²) in [5.74, 6) is 1.16. The average molecular weight is 193 g/mol. The highest BCUT2D eigenvalue weighted by Crippen LogP contribution is 2.41. The van der Waals surface area contributed by atoms with E-state index in [4.69, 9.17) is 5.26 Å². The van der Waals surface area contributed by atoms with Gasteiger partial charge in [-0.15, -0.1) is 0 Å². The van der Waals surface area contributed by atoms with Gasteiger partial charge in [0, 0.05) is 19.3 Å². The highest BCUT2D eigenvalue weighted by atomic mass is 16.1. The Morgan fingerprint density at radius 2 is 2.14 bits per heavy atom. The molecule has 0 heterocycles. The van der Waals surface area contributed by atoms with Crippen molar-refractivity contribution >= 4 is 5.78 Å². The summed E-state index contributed by atoms with van der Waals surface area (Å²) < 4.78 is 0. The van der Waals surface area contributed by atoms with Gasteiger partial charge in [0.05, 0.1) is 6.07 Å². The van der Waals surface area contributed by atoms with Crippen LogP contribution in [0, 0.1) is 28.6 Å². The molecule has 1 rings (SSSR count). The van der Waals surface area contributed by atoms with Crippen LogP contribution in [0.4, 0.5) is 0 Å². The van der Waals surface area contributed by atoms with Crippen molar-refractivity contribution in [1.29, 1.82) is 5.26 Å². The van der Waals surface area contributed by atoms with Crippen molar-refractivity contribution < 1.29 is 4.79 Å². The summed E-state index contributed by atoms with van der Waals surface area (Å²) in [5, 5.41) is 8.73. The lowest BCUT2D eigenvalue weighted by molar-refractivity contribution is -0.123. The first-order valence-electron chi connectivity index (χ1n) is 5.34. The molecular formula is C12H19NO. The van der Waals surface area contributed by atoms with Crippen LogP contribution >= 0.6 is 0 Å². The van der Waals surface area contributed by atoms with Crippen molar-refractivity contribution in [2.75, 3.05) is 0 Å². The van der Waals surface area contributed by atoms with Gasteiger partial charge in [-0.3, -0.25) is 4.79 Å². The zero-order chi connectivity index (χ0) is 10.8. The number of hydrogen-bond donors (Lipinski definition) is 0. The number of ketones is 1. The molecule has 0 amide bonds. The molecule has 78 valence electrons. The molecule has 2 heteroatoms. The van der Waals surface area contributed by atoms with Gasteiger partial charge in [0.1, 0.15) is 5.78 Å². The van der Waals surface area contributed by atoms with Gasteiger partial charge in [0.25, 0.3) is 0 Å². The second kappa shape index (κ2) is 4.13. The lowest BCUT2D eigenvalue weighted by Gasteiger charge is -2.39. The maximum Gasteiger partial charge on any atom is 0.133 e. The van der Waals surface area contributed by atoms with Crippen molar-refractivity contribution in [2.45, 2.75) is 46.5 Å². The van der Waals surface area contributed by atoms with Crippen LogP contribution in [0.3, 0.4) is 0 Å². The van der Waals surface area contributed by atoms with E-state index >= 15 is 0 Å². The summed E-state index contributed by atoms with van der Waals surface area (Å²) in [4.78, 5) is 11.3. The van der Waals surface area contributed by atoms with E-state index in [9.17, 15) is 4.79 Å². The summed E-state index contributed by atoms with van der Waals surface area (Å²) in [6, 6.07) is 2.21. The van der Waals surface area contributed by atoms with Gasteiger partial charge in [0.2, 0.25) is 0 Å². The molecule has 0 aromatic carbocycles. The molecular weight excluding hydrogens is 174 g/mol. The standard InChI is InChI=1S/C12H19NO/c1-12(2,3)11-5-4-10(14)8-9(11)6-7-13/h9,11H,4-6,8H2,1-3H3. The van der Waals surface area contributed by atoms with Crippen molar-refractivity contribution in [3.05, 3.63) is 0 Å². The molecule has 0 radical (unpaired) electrons. The summed E-state index contributed by atoms with van der Waals surface area (Å²) in [6.45, 7) is 6.62. The fourth-order valence-electron chi connectivity index (χ4n) is 2.56. The molecule has 1 fully saturated rings. The molecule has 0 aromatic rings. The molecule has 0 N–H and O–H groups in total. The molecule has 1 aliphatic rings. The normalized spacial score (nSPS) is 28.6. The number of hydrogen-bond acceptors (Lipinski definition) is 2. The third-order valence-corrected chi connectivity index (χ3v) is 3.26. The third kappa shape index (κ3) is 2.57. The van der Waals surface area contributed by atoms with Gasteiger partial charge in [-0.25, -0.2) is 0 Å². The number of nitriles is 1. The Morgan fingerprint density at radius 3 is 2.64 bits per heavy atom. The number of nitrogens with zero attached hydrogens (tertiary/aromatic N) is 1. The van der Waals surface area contributed by atoms with Gasteiger partial charge >= 0.3 is 0 Å². The van der Waals surface area contributed by atoms with Crippen LogP contribution in [0.5, 0.6) is 0 Å². The monoisotopic (exact) mass is 193 g/mol. The molecule has 2 atom stereocenters. The Hall–Kier alpha value is -0.840. The number of rotatable bonds is 1. The molecule has 1 saturated carbocycles. The second-order valence-electron chi connectivity index (χ2n) is 5.38. The predicted molar refractivity (Wildman–Crippen MR) is 55.5 cm³/mol. The number of carbonyl (C=O) groups excluding carboxylic acids is 1. The molecule has 2 nitrogen and oxygen atoms in total. The zero-order valence-corrected chi connectivity index (χ0v) is 9.34. The smallest absolute Gasteiger partial charge is 0.133 e. The number of carbonyl (C=O) groups is 1. The maximum atomic E-state index is 11.3. The van der Waals surface area contributed by atoms with E-state index in [1.807, 2.05) is 0 Å². The quantitative estimate of drug-likeness (QED) is 0.642. The Labute approximate surface area is 86.3 Å².